The Bertz CT molecular complexity index is 1400. The van der Waals surface area contributed by atoms with Crippen molar-refractivity contribution in [1.29, 1.82) is 0 Å². The molecule has 0 radical (unpaired) electrons. The van der Waals surface area contributed by atoms with E-state index in [2.05, 4.69) is 30.9 Å². The third-order valence-electron chi connectivity index (χ3n) is 6.05. The van der Waals surface area contributed by atoms with Crippen LogP contribution in [0, 0.1) is 0 Å². The standard InChI is InChI=1S/C26H26ClN7O6/c1-40-26(39)15-3-5-17(24(37)33-22-6-4-16(27)10-31-22)18(9-15)32-25(38)20-12-29-19(11-30-20)21-13-34(23(36)14-35)8-2-7-28-21/h3-6,9-12,21,28,35H,2,7-8,13-14H2,1H3,(H,32,38)(H,31,33,37). The zero-order chi connectivity index (χ0) is 28.6. The first-order valence-electron chi connectivity index (χ1n) is 12.2. The number of benzene rings is 1. The van der Waals surface area contributed by atoms with Gasteiger partial charge in [-0.1, -0.05) is 11.6 Å². The average molecular weight is 568 g/mol. The van der Waals surface area contributed by atoms with Crippen LogP contribution >= 0.6 is 11.6 Å². The average Bonchev–Trinajstić information content (AvgIpc) is 3.24. The predicted octanol–water partition coefficient (Wildman–Crippen LogP) is 1.67. The second kappa shape index (κ2) is 13.1. The van der Waals surface area contributed by atoms with E-state index < -0.39 is 24.4 Å². The largest absolute Gasteiger partial charge is 0.465 e. The molecule has 3 aromatic rings. The number of methoxy groups -OCH3 is 1. The zero-order valence-corrected chi connectivity index (χ0v) is 22.1. The number of aromatic nitrogens is 3. The molecule has 2 aromatic heterocycles. The molecule has 0 spiro atoms. The molecule has 1 atom stereocenters. The molecule has 14 heteroatoms. The Hall–Kier alpha value is -4.46. The monoisotopic (exact) mass is 567 g/mol. The van der Waals surface area contributed by atoms with Gasteiger partial charge >= 0.3 is 5.97 Å². The number of carbonyl (C=O) groups excluding carboxylic acids is 4. The van der Waals surface area contributed by atoms with Crippen molar-refractivity contribution in [2.45, 2.75) is 12.5 Å². The summed E-state index contributed by atoms with van der Waals surface area (Å²) >= 11 is 5.85. The van der Waals surface area contributed by atoms with Gasteiger partial charge in [0.2, 0.25) is 5.91 Å². The number of halogens is 1. The second-order valence-corrected chi connectivity index (χ2v) is 9.14. The number of hydrogen-bond donors (Lipinski definition) is 4. The van der Waals surface area contributed by atoms with E-state index in [1.807, 2.05) is 0 Å². The van der Waals surface area contributed by atoms with Gasteiger partial charge < -0.3 is 30.7 Å². The van der Waals surface area contributed by atoms with Crippen LogP contribution in [-0.2, 0) is 9.53 Å². The van der Waals surface area contributed by atoms with Crippen LogP contribution in [-0.4, -0.2) is 82.0 Å². The van der Waals surface area contributed by atoms with E-state index in [0.29, 0.717) is 36.8 Å². The van der Waals surface area contributed by atoms with E-state index in [-0.39, 0.29) is 40.3 Å². The Morgan fingerprint density at radius 3 is 2.58 bits per heavy atom. The summed E-state index contributed by atoms with van der Waals surface area (Å²) in [5, 5.41) is 18.1. The lowest BCUT2D eigenvalue weighted by Gasteiger charge is -2.23. The third kappa shape index (κ3) is 6.94. The number of carbonyl (C=O) groups is 4. The highest BCUT2D eigenvalue weighted by Crippen LogP contribution is 2.22. The van der Waals surface area contributed by atoms with Gasteiger partial charge in [0.15, 0.2) is 0 Å². The maximum absolute atomic E-state index is 13.1. The maximum Gasteiger partial charge on any atom is 0.337 e. The highest BCUT2D eigenvalue weighted by molar-refractivity contribution is 6.30. The van der Waals surface area contributed by atoms with Crippen LogP contribution < -0.4 is 16.0 Å². The Kier molecular flexibility index (Phi) is 9.32. The molecule has 1 unspecified atom stereocenters. The number of esters is 1. The van der Waals surface area contributed by atoms with Crippen molar-refractivity contribution in [3.63, 3.8) is 0 Å². The highest BCUT2D eigenvalue weighted by Gasteiger charge is 2.24. The number of amides is 3. The Balaban J connectivity index is 1.54. The normalized spacial score (nSPS) is 15.1. The van der Waals surface area contributed by atoms with Gasteiger partial charge in [-0.15, -0.1) is 0 Å². The minimum atomic E-state index is -0.675. The molecule has 1 aliphatic heterocycles. The number of aliphatic hydroxyl groups excluding tert-OH is 1. The molecular weight excluding hydrogens is 542 g/mol. The van der Waals surface area contributed by atoms with Crippen molar-refractivity contribution in [1.82, 2.24) is 25.2 Å². The lowest BCUT2D eigenvalue weighted by molar-refractivity contribution is -0.134. The van der Waals surface area contributed by atoms with Crippen LogP contribution in [0.15, 0.2) is 48.9 Å². The summed E-state index contributed by atoms with van der Waals surface area (Å²) in [5.74, 6) is -2.07. The quantitative estimate of drug-likeness (QED) is 0.307. The van der Waals surface area contributed by atoms with Crippen LogP contribution in [0.3, 0.4) is 0 Å². The fourth-order valence-corrected chi connectivity index (χ4v) is 4.10. The van der Waals surface area contributed by atoms with Gasteiger partial charge in [-0.05, 0) is 43.3 Å². The van der Waals surface area contributed by atoms with Gasteiger partial charge in [0, 0.05) is 19.3 Å². The molecule has 3 heterocycles. The van der Waals surface area contributed by atoms with E-state index >= 15 is 0 Å². The van der Waals surface area contributed by atoms with E-state index in [9.17, 15) is 24.3 Å². The van der Waals surface area contributed by atoms with Crippen LogP contribution in [0.4, 0.5) is 11.5 Å². The van der Waals surface area contributed by atoms with E-state index in [0.717, 1.165) is 0 Å². The summed E-state index contributed by atoms with van der Waals surface area (Å²) in [4.78, 5) is 64.3. The molecule has 4 N–H and O–H groups in total. The van der Waals surface area contributed by atoms with Gasteiger partial charge in [-0.25, -0.2) is 14.8 Å². The predicted molar refractivity (Wildman–Crippen MR) is 144 cm³/mol. The molecule has 40 heavy (non-hydrogen) atoms. The van der Waals surface area contributed by atoms with Crippen LogP contribution in [0.1, 0.15) is 49.4 Å². The maximum atomic E-state index is 13.1. The number of nitrogens with one attached hydrogen (secondary N) is 3. The molecule has 208 valence electrons. The first-order valence-corrected chi connectivity index (χ1v) is 12.6. The Morgan fingerprint density at radius 2 is 1.90 bits per heavy atom. The second-order valence-electron chi connectivity index (χ2n) is 8.71. The molecule has 0 bridgehead atoms. The summed E-state index contributed by atoms with van der Waals surface area (Å²) in [5.41, 5.74) is 0.668. The van der Waals surface area contributed by atoms with Crippen molar-refractivity contribution in [3.8, 4) is 0 Å². The Morgan fingerprint density at radius 1 is 1.07 bits per heavy atom. The molecule has 0 aliphatic carbocycles. The topological polar surface area (TPSA) is 176 Å². The van der Waals surface area contributed by atoms with E-state index in [1.165, 1.54) is 50.0 Å². The SMILES string of the molecule is COC(=O)c1ccc(C(=O)Nc2ccc(Cl)cn2)c(NC(=O)c2cnc(C3CN(C(=O)CO)CCCN3)cn2)c1. The lowest BCUT2D eigenvalue weighted by atomic mass is 10.1. The number of aliphatic hydroxyl groups is 1. The molecule has 13 nitrogen and oxygen atoms in total. The van der Waals surface area contributed by atoms with Gasteiger partial charge in [0.1, 0.15) is 18.1 Å². The van der Waals surface area contributed by atoms with Crippen molar-refractivity contribution < 1.29 is 29.0 Å². The number of nitrogens with zero attached hydrogens (tertiary/aromatic N) is 4. The van der Waals surface area contributed by atoms with Gasteiger partial charge in [-0.3, -0.25) is 19.4 Å². The first kappa shape index (κ1) is 28.5. The molecule has 3 amide bonds. The van der Waals surface area contributed by atoms with Crippen molar-refractivity contribution in [2.75, 3.05) is 44.0 Å². The van der Waals surface area contributed by atoms with Crippen molar-refractivity contribution in [2.24, 2.45) is 0 Å². The molecule has 1 fully saturated rings. The van der Waals surface area contributed by atoms with Crippen LogP contribution in [0.2, 0.25) is 5.02 Å². The van der Waals surface area contributed by atoms with Crippen LogP contribution in [0.25, 0.3) is 0 Å². The number of anilines is 2. The summed E-state index contributed by atoms with van der Waals surface area (Å²) in [6.45, 7) is 0.855. The van der Waals surface area contributed by atoms with Gasteiger partial charge in [-0.2, -0.15) is 0 Å². The number of ether oxygens (including phenoxy) is 1. The fourth-order valence-electron chi connectivity index (χ4n) is 3.99. The summed E-state index contributed by atoms with van der Waals surface area (Å²) < 4.78 is 4.76. The molecule has 1 aromatic carbocycles. The zero-order valence-electron chi connectivity index (χ0n) is 21.4. The highest BCUT2D eigenvalue weighted by atomic mass is 35.5. The molecule has 0 saturated carbocycles. The number of pyridine rings is 1. The van der Waals surface area contributed by atoms with Crippen molar-refractivity contribution >= 4 is 46.8 Å². The summed E-state index contributed by atoms with van der Waals surface area (Å²) in [7, 11) is 1.21. The number of hydrogen-bond acceptors (Lipinski definition) is 10. The molecular formula is C26H26ClN7O6. The van der Waals surface area contributed by atoms with E-state index in [4.69, 9.17) is 16.3 Å². The minimum absolute atomic E-state index is 0.0360. The van der Waals surface area contributed by atoms with Crippen LogP contribution in [0.5, 0.6) is 0 Å². The van der Waals surface area contributed by atoms with Gasteiger partial charge in [0.05, 0.1) is 53.1 Å². The fraction of sp³-hybridized carbons (Fsp3) is 0.269. The molecule has 1 saturated heterocycles. The van der Waals surface area contributed by atoms with Crippen molar-refractivity contribution in [3.05, 3.63) is 76.5 Å². The number of rotatable bonds is 7. The van der Waals surface area contributed by atoms with E-state index in [1.54, 1.807) is 11.0 Å². The summed E-state index contributed by atoms with van der Waals surface area (Å²) in [6.07, 6.45) is 4.78. The molecule has 1 aliphatic rings. The lowest BCUT2D eigenvalue weighted by Crippen LogP contribution is -2.38. The summed E-state index contributed by atoms with van der Waals surface area (Å²) in [6, 6.07) is 6.82. The smallest absolute Gasteiger partial charge is 0.337 e. The van der Waals surface area contributed by atoms with Gasteiger partial charge in [0.25, 0.3) is 11.8 Å². The Labute approximate surface area is 233 Å². The molecule has 4 rings (SSSR count). The first-order chi connectivity index (χ1) is 19.3. The minimum Gasteiger partial charge on any atom is -0.465 e. The third-order valence-corrected chi connectivity index (χ3v) is 6.27.